The van der Waals surface area contributed by atoms with E-state index in [0.29, 0.717) is 36.8 Å². The number of amides is 1. The van der Waals surface area contributed by atoms with E-state index in [-0.39, 0.29) is 5.91 Å². The van der Waals surface area contributed by atoms with Crippen molar-refractivity contribution in [3.63, 3.8) is 0 Å². The Morgan fingerprint density at radius 2 is 2.19 bits per heavy atom. The highest BCUT2D eigenvalue weighted by Gasteiger charge is 2.32. The zero-order chi connectivity index (χ0) is 15.4. The lowest BCUT2D eigenvalue weighted by atomic mass is 10.1. The zero-order valence-electron chi connectivity index (χ0n) is 12.5. The molecule has 0 aliphatic carbocycles. The molecular weight excluding hydrogens is 284 g/mol. The summed E-state index contributed by atoms with van der Waals surface area (Å²) >= 11 is 4.91. The molecule has 21 heavy (non-hydrogen) atoms. The number of nitrogens with two attached hydrogens (primary N) is 1. The number of nitrogens with zero attached hydrogens (tertiary/aromatic N) is 1. The van der Waals surface area contributed by atoms with Crippen molar-refractivity contribution in [3.8, 4) is 5.75 Å². The lowest BCUT2D eigenvalue weighted by Gasteiger charge is -2.26. The highest BCUT2D eigenvalue weighted by Crippen LogP contribution is 2.29. The maximum absolute atomic E-state index is 12.7. The average Bonchev–Trinajstić information content (AvgIpc) is 2.86. The predicted molar refractivity (Wildman–Crippen MR) is 87.4 cm³/mol. The molecule has 0 bridgehead atoms. The first-order chi connectivity index (χ1) is 9.97. The maximum atomic E-state index is 12.7. The maximum Gasteiger partial charge on any atom is 0.264 e. The lowest BCUT2D eigenvalue weighted by molar-refractivity contribution is -0.138. The summed E-state index contributed by atoms with van der Waals surface area (Å²) in [6.07, 6.45) is 0.761. The van der Waals surface area contributed by atoms with E-state index in [0.717, 1.165) is 11.3 Å². The third kappa shape index (κ3) is 4.17. The fraction of sp³-hybridized carbons (Fsp3) is 0.500. The second kappa shape index (κ2) is 6.89. The van der Waals surface area contributed by atoms with Gasteiger partial charge in [-0.25, -0.2) is 0 Å². The van der Waals surface area contributed by atoms with Crippen molar-refractivity contribution in [3.05, 3.63) is 29.8 Å². The molecule has 1 amide bonds. The SMILES string of the molecule is CC(C)CN(CCC(N)=S)C(=O)C1Cc2ccccc2O1. The van der Waals surface area contributed by atoms with E-state index in [9.17, 15) is 4.79 Å². The molecule has 0 aromatic heterocycles. The minimum absolute atomic E-state index is 0.0242. The average molecular weight is 306 g/mol. The molecular formula is C16H22N2O2S. The Bertz CT molecular complexity index is 506. The minimum Gasteiger partial charge on any atom is -0.480 e. The van der Waals surface area contributed by atoms with Crippen molar-refractivity contribution in [1.82, 2.24) is 4.90 Å². The molecule has 1 aliphatic heterocycles. The summed E-state index contributed by atoms with van der Waals surface area (Å²) in [5.41, 5.74) is 6.65. The van der Waals surface area contributed by atoms with Crippen molar-refractivity contribution in [2.45, 2.75) is 32.8 Å². The van der Waals surface area contributed by atoms with Crippen LogP contribution in [-0.4, -0.2) is 35.0 Å². The molecule has 114 valence electrons. The molecule has 1 heterocycles. The Balaban J connectivity index is 2.03. The number of thiocarbonyl (C=S) groups is 1. The molecule has 1 aromatic rings. The fourth-order valence-electron chi connectivity index (χ4n) is 2.50. The van der Waals surface area contributed by atoms with Crippen LogP contribution in [0.25, 0.3) is 0 Å². The first kappa shape index (κ1) is 15.8. The Morgan fingerprint density at radius 1 is 1.48 bits per heavy atom. The molecule has 2 rings (SSSR count). The summed E-state index contributed by atoms with van der Waals surface area (Å²) in [5.74, 6) is 1.23. The number of ether oxygens (including phenoxy) is 1. The number of carbonyl (C=O) groups is 1. The van der Waals surface area contributed by atoms with Gasteiger partial charge in [0.05, 0.1) is 4.99 Å². The van der Waals surface area contributed by atoms with Crippen LogP contribution >= 0.6 is 12.2 Å². The fourth-order valence-corrected chi connectivity index (χ4v) is 2.59. The van der Waals surface area contributed by atoms with Gasteiger partial charge in [-0.2, -0.15) is 0 Å². The largest absolute Gasteiger partial charge is 0.480 e. The molecule has 1 unspecified atom stereocenters. The van der Waals surface area contributed by atoms with Gasteiger partial charge in [-0.05, 0) is 17.5 Å². The lowest BCUT2D eigenvalue weighted by Crippen LogP contribution is -2.44. The van der Waals surface area contributed by atoms with Crippen molar-refractivity contribution in [1.29, 1.82) is 0 Å². The zero-order valence-corrected chi connectivity index (χ0v) is 13.4. The van der Waals surface area contributed by atoms with E-state index >= 15 is 0 Å². The summed E-state index contributed by atoms with van der Waals surface area (Å²) in [7, 11) is 0. The number of fused-ring (bicyclic) bond motifs is 1. The third-order valence-corrected chi connectivity index (χ3v) is 3.65. The molecule has 0 saturated heterocycles. The summed E-state index contributed by atoms with van der Waals surface area (Å²) in [6, 6.07) is 7.80. The van der Waals surface area contributed by atoms with Crippen LogP contribution in [0.4, 0.5) is 0 Å². The molecule has 0 radical (unpaired) electrons. The second-order valence-corrected chi connectivity index (χ2v) is 6.34. The van der Waals surface area contributed by atoms with E-state index in [4.69, 9.17) is 22.7 Å². The van der Waals surface area contributed by atoms with E-state index in [1.165, 1.54) is 0 Å². The van der Waals surface area contributed by atoms with Gasteiger partial charge in [-0.1, -0.05) is 44.3 Å². The molecule has 5 heteroatoms. The van der Waals surface area contributed by atoms with Gasteiger partial charge in [0, 0.05) is 25.9 Å². The number of carbonyl (C=O) groups excluding carboxylic acids is 1. The third-order valence-electron chi connectivity index (χ3n) is 3.45. The van der Waals surface area contributed by atoms with Crippen LogP contribution in [-0.2, 0) is 11.2 Å². The normalized spacial score (nSPS) is 16.4. The van der Waals surface area contributed by atoms with Gasteiger partial charge in [0.15, 0.2) is 6.10 Å². The van der Waals surface area contributed by atoms with Crippen LogP contribution in [0.3, 0.4) is 0 Å². The Kier molecular flexibility index (Phi) is 5.17. The van der Waals surface area contributed by atoms with Gasteiger partial charge in [0.1, 0.15) is 5.75 Å². The topological polar surface area (TPSA) is 55.6 Å². The van der Waals surface area contributed by atoms with E-state index < -0.39 is 6.10 Å². The van der Waals surface area contributed by atoms with Crippen molar-refractivity contribution < 1.29 is 9.53 Å². The van der Waals surface area contributed by atoms with Gasteiger partial charge >= 0.3 is 0 Å². The first-order valence-corrected chi connectivity index (χ1v) is 7.70. The Labute approximate surface area is 131 Å². The molecule has 1 atom stereocenters. The van der Waals surface area contributed by atoms with Gasteiger partial charge in [0.2, 0.25) is 0 Å². The van der Waals surface area contributed by atoms with Crippen LogP contribution in [0.15, 0.2) is 24.3 Å². The summed E-state index contributed by atoms with van der Waals surface area (Å²) in [5, 5.41) is 0. The monoisotopic (exact) mass is 306 g/mol. The standard InChI is InChI=1S/C16H22N2O2S/c1-11(2)10-18(8-7-15(17)21)16(19)14-9-12-5-3-4-6-13(12)20-14/h3-6,11,14H,7-10H2,1-2H3,(H2,17,21). The number of para-hydroxylation sites is 1. The van der Waals surface area contributed by atoms with Gasteiger partial charge in [-0.15, -0.1) is 0 Å². The van der Waals surface area contributed by atoms with Crippen LogP contribution in [0, 0.1) is 5.92 Å². The van der Waals surface area contributed by atoms with Gasteiger partial charge < -0.3 is 15.4 Å². The summed E-state index contributed by atoms with van der Waals surface area (Å²) in [6.45, 7) is 5.43. The second-order valence-electron chi connectivity index (χ2n) is 5.81. The van der Waals surface area contributed by atoms with Crippen LogP contribution in [0.2, 0.25) is 0 Å². The first-order valence-electron chi connectivity index (χ1n) is 7.29. The highest BCUT2D eigenvalue weighted by atomic mass is 32.1. The Morgan fingerprint density at radius 3 is 2.81 bits per heavy atom. The van der Waals surface area contributed by atoms with E-state index in [1.54, 1.807) is 0 Å². The molecule has 1 aromatic carbocycles. The van der Waals surface area contributed by atoms with Crippen LogP contribution < -0.4 is 10.5 Å². The number of hydrogen-bond donors (Lipinski definition) is 1. The number of hydrogen-bond acceptors (Lipinski definition) is 3. The molecule has 1 aliphatic rings. The highest BCUT2D eigenvalue weighted by molar-refractivity contribution is 7.80. The predicted octanol–water partition coefficient (Wildman–Crippen LogP) is 2.15. The summed E-state index contributed by atoms with van der Waals surface area (Å²) in [4.78, 5) is 14.9. The smallest absolute Gasteiger partial charge is 0.264 e. The Hall–Kier alpha value is -1.62. The van der Waals surface area contributed by atoms with Crippen molar-refractivity contribution in [2.75, 3.05) is 13.1 Å². The summed E-state index contributed by atoms with van der Waals surface area (Å²) < 4.78 is 5.78. The quantitative estimate of drug-likeness (QED) is 0.818. The molecule has 0 fully saturated rings. The molecule has 4 nitrogen and oxygen atoms in total. The van der Waals surface area contributed by atoms with Crippen LogP contribution in [0.1, 0.15) is 25.8 Å². The van der Waals surface area contributed by atoms with Crippen molar-refractivity contribution in [2.24, 2.45) is 11.7 Å². The number of benzene rings is 1. The van der Waals surface area contributed by atoms with Crippen molar-refractivity contribution >= 4 is 23.1 Å². The minimum atomic E-state index is -0.424. The van der Waals surface area contributed by atoms with Crippen LogP contribution in [0.5, 0.6) is 5.75 Å². The molecule has 2 N–H and O–H groups in total. The molecule has 0 saturated carbocycles. The van der Waals surface area contributed by atoms with E-state index in [2.05, 4.69) is 13.8 Å². The van der Waals surface area contributed by atoms with E-state index in [1.807, 2.05) is 29.2 Å². The molecule has 0 spiro atoms. The number of rotatable bonds is 6. The van der Waals surface area contributed by atoms with Gasteiger partial charge in [-0.3, -0.25) is 4.79 Å². The van der Waals surface area contributed by atoms with Gasteiger partial charge in [0.25, 0.3) is 5.91 Å².